The molecule has 0 fully saturated rings. The van der Waals surface area contributed by atoms with E-state index in [4.69, 9.17) is 5.73 Å². The van der Waals surface area contributed by atoms with Crippen LogP contribution in [0.15, 0.2) is 12.2 Å². The van der Waals surface area contributed by atoms with E-state index >= 15 is 0 Å². The lowest BCUT2D eigenvalue weighted by atomic mass is 10.1. The van der Waals surface area contributed by atoms with Crippen molar-refractivity contribution in [1.29, 1.82) is 0 Å². The Balaban J connectivity index is 0.00000140. The first kappa shape index (κ1) is 31.0. The van der Waals surface area contributed by atoms with Crippen molar-refractivity contribution in [3.8, 4) is 0 Å². The first-order valence-electron chi connectivity index (χ1n) is 12.5. The van der Waals surface area contributed by atoms with Crippen LogP contribution in [0.1, 0.15) is 96.8 Å². The molecule has 8 heteroatoms. The van der Waals surface area contributed by atoms with Gasteiger partial charge in [-0.2, -0.15) is 0 Å². The van der Waals surface area contributed by atoms with Crippen LogP contribution in [-0.4, -0.2) is 68.6 Å². The molecule has 1 heterocycles. The lowest BCUT2D eigenvalue weighted by Gasteiger charge is -2.12. The van der Waals surface area contributed by atoms with Crippen molar-refractivity contribution in [3.63, 3.8) is 0 Å². The topological polar surface area (TPSA) is 98.7 Å². The van der Waals surface area contributed by atoms with Gasteiger partial charge in [-0.3, -0.25) is 13.7 Å². The van der Waals surface area contributed by atoms with Gasteiger partial charge < -0.3 is 10.3 Å². The molecule has 0 saturated heterocycles. The lowest BCUT2D eigenvalue weighted by molar-refractivity contribution is -0.487. The highest BCUT2D eigenvalue weighted by Gasteiger charge is 2.26. The normalized spacial score (nSPS) is 14.3. The van der Waals surface area contributed by atoms with Crippen LogP contribution in [0, 0.1) is 0 Å². The number of hydrogen-bond acceptors (Lipinski definition) is 6. The molecule has 0 unspecified atom stereocenters. The smallest absolute Gasteiger partial charge is 0.246 e. The Kier molecular flexibility index (Phi) is 20.0. The molecule has 32 heavy (non-hydrogen) atoms. The summed E-state index contributed by atoms with van der Waals surface area (Å²) in [5, 5.41) is 0. The fourth-order valence-electron chi connectivity index (χ4n) is 3.87. The lowest BCUT2D eigenvalue weighted by Crippen LogP contribution is -2.33. The summed E-state index contributed by atoms with van der Waals surface area (Å²) in [6, 6.07) is 0. The first-order chi connectivity index (χ1) is 15.4. The highest BCUT2D eigenvalue weighted by Crippen LogP contribution is 2.12. The van der Waals surface area contributed by atoms with Crippen molar-refractivity contribution >= 4 is 16.2 Å². The minimum Gasteiger partial charge on any atom is -0.726 e. The van der Waals surface area contributed by atoms with Crippen LogP contribution in [0.5, 0.6) is 0 Å². The van der Waals surface area contributed by atoms with Gasteiger partial charge in [0.25, 0.3) is 0 Å². The molecule has 0 radical (unpaired) electrons. The quantitative estimate of drug-likeness (QED) is 0.103. The number of nitrogens with two attached hydrogens (primary N) is 1. The van der Waals surface area contributed by atoms with E-state index in [1.54, 1.807) is 0 Å². The molecule has 0 aromatic carbocycles. The van der Waals surface area contributed by atoms with E-state index in [9.17, 15) is 13.0 Å². The van der Waals surface area contributed by atoms with E-state index in [1.807, 2.05) is 0 Å². The van der Waals surface area contributed by atoms with Crippen molar-refractivity contribution in [1.82, 2.24) is 4.90 Å². The number of allylic oxidation sites excluding steroid dienone is 2. The van der Waals surface area contributed by atoms with Gasteiger partial charge in [-0.05, 0) is 32.1 Å². The van der Waals surface area contributed by atoms with Crippen LogP contribution >= 0.6 is 0 Å². The zero-order chi connectivity index (χ0) is 24.1. The molecule has 7 nitrogen and oxygen atoms in total. The van der Waals surface area contributed by atoms with Crippen LogP contribution in [0.3, 0.4) is 0 Å². The van der Waals surface area contributed by atoms with Crippen molar-refractivity contribution in [2.45, 2.75) is 96.8 Å². The van der Waals surface area contributed by atoms with Gasteiger partial charge in [-0.15, -0.1) is 0 Å². The molecule has 2 N–H and O–H groups in total. The minimum absolute atomic E-state index is 0.768. The molecule has 0 aromatic rings. The summed E-state index contributed by atoms with van der Waals surface area (Å²) >= 11 is 0. The zero-order valence-electron chi connectivity index (χ0n) is 20.9. The summed E-state index contributed by atoms with van der Waals surface area (Å²) in [6.45, 7) is 6.40. The summed E-state index contributed by atoms with van der Waals surface area (Å²) in [5.74, 6) is 1.52. The molecular weight excluding hydrogens is 426 g/mol. The van der Waals surface area contributed by atoms with E-state index < -0.39 is 10.4 Å². The first-order valence-corrected chi connectivity index (χ1v) is 13.9. The summed E-state index contributed by atoms with van der Waals surface area (Å²) < 4.78 is 33.4. The number of amidine groups is 1. The van der Waals surface area contributed by atoms with E-state index in [0.717, 1.165) is 26.7 Å². The molecule has 0 aromatic heterocycles. The van der Waals surface area contributed by atoms with Crippen LogP contribution in [0.2, 0.25) is 0 Å². The second kappa shape index (κ2) is 20.6. The number of hydrogen-bond donors (Lipinski definition) is 1. The van der Waals surface area contributed by atoms with Gasteiger partial charge in [0, 0.05) is 13.0 Å². The summed E-state index contributed by atoms with van der Waals surface area (Å²) in [5.41, 5.74) is 5.72. The fourth-order valence-corrected chi connectivity index (χ4v) is 3.87. The average Bonchev–Trinajstić information content (AvgIpc) is 3.10. The molecule has 0 aliphatic carbocycles. The maximum atomic E-state index is 9.22. The van der Waals surface area contributed by atoms with E-state index in [1.165, 1.54) is 102 Å². The van der Waals surface area contributed by atoms with Gasteiger partial charge in [0.05, 0.1) is 20.7 Å². The van der Waals surface area contributed by atoms with Crippen molar-refractivity contribution in [2.24, 2.45) is 5.73 Å². The Morgan fingerprint density at radius 2 is 1.50 bits per heavy atom. The SMILES string of the molecule is CCCCCCCC/C=C\CCCCCCCC1=[N+](C)CCN1CCN.COS(=O)(=O)[O-]. The Morgan fingerprint density at radius 1 is 1.00 bits per heavy atom. The van der Waals surface area contributed by atoms with Gasteiger partial charge in [0.15, 0.2) is 0 Å². The monoisotopic (exact) mass is 475 g/mol. The summed E-state index contributed by atoms with van der Waals surface area (Å²) in [7, 11) is -1.38. The van der Waals surface area contributed by atoms with Gasteiger partial charge in [0.1, 0.15) is 13.1 Å². The van der Waals surface area contributed by atoms with Gasteiger partial charge in [0.2, 0.25) is 16.2 Å². The van der Waals surface area contributed by atoms with Gasteiger partial charge in [-0.1, -0.05) is 70.4 Å². The van der Waals surface area contributed by atoms with Gasteiger partial charge >= 0.3 is 0 Å². The van der Waals surface area contributed by atoms with Crippen molar-refractivity contribution in [2.75, 3.05) is 40.3 Å². The third-order valence-corrected chi connectivity index (χ3v) is 6.18. The zero-order valence-corrected chi connectivity index (χ0v) is 21.7. The number of rotatable bonds is 18. The van der Waals surface area contributed by atoms with Crippen LogP contribution in [0.4, 0.5) is 0 Å². The Hall–Kier alpha value is -0.960. The van der Waals surface area contributed by atoms with Crippen molar-refractivity contribution < 1.29 is 21.7 Å². The third kappa shape index (κ3) is 18.6. The number of nitrogens with zero attached hydrogens (tertiary/aromatic N) is 2. The van der Waals surface area contributed by atoms with Crippen LogP contribution < -0.4 is 5.73 Å². The molecule has 0 saturated carbocycles. The molecular formula is C24H49N3O4S. The highest BCUT2D eigenvalue weighted by molar-refractivity contribution is 7.80. The second-order valence-corrected chi connectivity index (χ2v) is 9.67. The predicted octanol–water partition coefficient (Wildman–Crippen LogP) is 4.43. The standard InChI is InChI=1S/C23H46N3.CH4O4S/c1-3-4-5-6-7-8-9-10-11-12-13-14-15-16-17-18-23-25(2)21-22-26(23)20-19-24;1-5-6(2,3)4/h10-11H,3-9,12-22,24H2,1-2H3;1H3,(H,2,3,4)/q+1;/p-1/b11-10-;. The Labute approximate surface area is 198 Å². The molecule has 1 rings (SSSR count). The maximum Gasteiger partial charge on any atom is 0.246 e. The molecule has 190 valence electrons. The van der Waals surface area contributed by atoms with Crippen molar-refractivity contribution in [3.05, 3.63) is 12.2 Å². The van der Waals surface area contributed by atoms with E-state index in [0.29, 0.717) is 0 Å². The largest absolute Gasteiger partial charge is 0.726 e. The predicted molar refractivity (Wildman–Crippen MR) is 133 cm³/mol. The maximum absolute atomic E-state index is 9.22. The Bertz CT molecular complexity index is 606. The number of likely N-dealkylation sites (N-methyl/N-ethyl adjacent to an activating group) is 1. The molecule has 0 atom stereocenters. The van der Waals surface area contributed by atoms with E-state index in [2.05, 4.69) is 39.8 Å². The molecule has 1 aliphatic heterocycles. The fraction of sp³-hybridized carbons (Fsp3) is 0.875. The number of unbranched alkanes of at least 4 members (excludes halogenated alkanes) is 11. The van der Waals surface area contributed by atoms with Crippen LogP contribution in [-0.2, 0) is 14.6 Å². The Morgan fingerprint density at radius 3 is 2.00 bits per heavy atom. The van der Waals surface area contributed by atoms with Crippen LogP contribution in [0.25, 0.3) is 0 Å². The van der Waals surface area contributed by atoms with Gasteiger partial charge in [-0.25, -0.2) is 8.42 Å². The molecule has 0 bridgehead atoms. The minimum atomic E-state index is -4.41. The van der Waals surface area contributed by atoms with E-state index in [-0.39, 0.29) is 0 Å². The molecule has 1 aliphatic rings. The third-order valence-electron chi connectivity index (χ3n) is 5.78. The molecule has 0 amide bonds. The average molecular weight is 476 g/mol. The summed E-state index contributed by atoms with van der Waals surface area (Å²) in [6.07, 6.45) is 23.9. The summed E-state index contributed by atoms with van der Waals surface area (Å²) in [4.78, 5) is 2.48. The molecule has 0 spiro atoms. The second-order valence-electron chi connectivity index (χ2n) is 8.52. The highest BCUT2D eigenvalue weighted by atomic mass is 32.3.